The second-order valence-electron chi connectivity index (χ2n) is 24.9. The van der Waals surface area contributed by atoms with E-state index in [-0.39, 0.29) is 0 Å². The highest BCUT2D eigenvalue weighted by Crippen LogP contribution is 2.62. The Kier molecular flexibility index (Phi) is 33.7. The number of aliphatic hydroxyl groups is 24. The maximum atomic E-state index is 13.7. The second-order valence-corrected chi connectivity index (χ2v) is 29.3. The van der Waals surface area contributed by atoms with Crippen LogP contribution in [0.15, 0.2) is 0 Å². The minimum Gasteiger partial charge on any atom is -0.477 e. The zero-order valence-electron chi connectivity index (χ0n) is 54.8. The SMILES string of the molecule is NCCOP(=O)(O)O[C@@H](CO)[C@H]1O[C@H](O[C@@H]2[C@H](O)[C@@H](O[C@H]3[C@@H]([C@H](O)CO)O[C@@](O)(C(=O)O)C[C@H]3OP(=O)(O)OP(=O)(O)OCCN)O[C@H]([C@@H](O)CO)[C@H]2O[C@@H]2O[C@H](CO)[C@@H](O)[C@H](O)[C@H]2O)[C@@H](O[C@H]2O[C@H]([C@@H](O)CO)[C@@H](O)[C@H](O)[C@@H]2O)[C@@H](O[C@H]2O[C@H](CO)[C@@H](O[C@@H]3O[C@H](CO)[C@@H](O)[C@H](O)[C@H]3O)[C@H](O)[C@H]2O)[C@@H]1O. The number of rotatable bonds is 36. The lowest BCUT2D eigenvalue weighted by molar-refractivity contribution is -0.423. The van der Waals surface area contributed by atoms with Crippen LogP contribution in [-0.2, 0) is 102 Å². The Morgan fingerprint density at radius 2 is 0.811 bits per heavy atom. The van der Waals surface area contributed by atoms with Crippen LogP contribution in [0.5, 0.6) is 0 Å². The Bertz CT molecular complexity index is 2860. The van der Waals surface area contributed by atoms with E-state index in [1.54, 1.807) is 0 Å². The molecule has 3 unspecified atom stereocenters. The fourth-order valence-electron chi connectivity index (χ4n) is 12.1. The first-order chi connectivity index (χ1) is 49.7. The summed E-state index contributed by atoms with van der Waals surface area (Å²) < 4.78 is 140. The molecular formula is C51H93N2O50P3. The third kappa shape index (κ3) is 21.2. The average molecular weight is 1630 g/mol. The number of phosphoric ester groups is 3. The molecule has 0 spiro atoms. The van der Waals surface area contributed by atoms with Crippen molar-refractivity contribution >= 4 is 29.4 Å². The Labute approximate surface area is 596 Å². The highest BCUT2D eigenvalue weighted by atomic mass is 31.3. The molecular weight excluding hydrogens is 1530 g/mol. The minimum atomic E-state index is -6.34. The van der Waals surface area contributed by atoms with E-state index in [0.29, 0.717) is 0 Å². The standard InChI is InChI=1S/C51H93N2O50P3/c52-1-3-86-104(80,81)102-20(12-60)38-32(75)40(96-46-31(74)27(70)37(19(11-59)90-46)93-44-28(71)23(66)21(64)17(9-57)88-44)43(99-47-30(73)25(68)26(69)34(91-47)13(61)6-54)49(94-38)97-41-33(76)48(92-35(14(62)7-55)42(41)98-45-29(72)24(67)22(65)18(10-58)89-45)95-39-16(101-106(84,85)103-105(82,83)87-4-2-53)5-51(79,50(77)78)100-36(39)15(63)8-56/h13-49,54-76,79H,1-12,52-53H2,(H,77,78)(H,80,81)(H,82,83)(H,84,85)/t13-,14-,15+,16+,17+,18+,19+,20-,21+,22+,23-,24-,25-,26-,27+,28+,29+,30-,31+,32+,33-,34+,35+,36+,37+,38+,39+,40-,41+,42+,43-,44-,45-,46+,47+,48+,49+,51+/m0/s1. The van der Waals surface area contributed by atoms with Gasteiger partial charge in [0.25, 0.3) is 5.79 Å². The smallest absolute Gasteiger partial charge is 0.477 e. The van der Waals surface area contributed by atoms with Crippen LogP contribution in [0.3, 0.4) is 0 Å². The topological polar surface area (TPSA) is 853 Å². The number of ether oxygens (including phenoxy) is 13. The zero-order chi connectivity index (χ0) is 79.2. The average Bonchev–Trinajstić information content (AvgIpc) is 0.748. The van der Waals surface area contributed by atoms with E-state index < -0.39 is 341 Å². The van der Waals surface area contributed by atoms with Crippen molar-refractivity contribution in [1.29, 1.82) is 0 Å². The molecule has 52 nitrogen and oxygen atoms in total. The molecule has 622 valence electrons. The van der Waals surface area contributed by atoms with E-state index in [1.165, 1.54) is 0 Å². The van der Waals surface area contributed by atoms with Crippen molar-refractivity contribution in [1.82, 2.24) is 0 Å². The van der Waals surface area contributed by atoms with Crippen LogP contribution in [0, 0.1) is 0 Å². The van der Waals surface area contributed by atoms with Gasteiger partial charge in [0.1, 0.15) is 189 Å². The van der Waals surface area contributed by atoms with Gasteiger partial charge in [-0.2, -0.15) is 4.31 Å². The molecule has 0 aromatic rings. The van der Waals surface area contributed by atoms with Crippen LogP contribution in [0.2, 0.25) is 0 Å². The molecule has 41 atom stereocenters. The first kappa shape index (κ1) is 91.5. The molecule has 7 rings (SSSR count). The number of aliphatic hydroxyl groups excluding tert-OH is 23. The Hall–Kier alpha value is -1.72. The normalized spacial score (nSPS) is 45.6. The molecule has 7 saturated heterocycles. The van der Waals surface area contributed by atoms with Gasteiger partial charge in [-0.3, -0.25) is 18.1 Å². The molecule has 7 aliphatic heterocycles. The molecule has 55 heteroatoms. The van der Waals surface area contributed by atoms with E-state index in [4.69, 9.17) is 86.6 Å². The molecule has 0 bridgehead atoms. The monoisotopic (exact) mass is 1630 g/mol. The summed E-state index contributed by atoms with van der Waals surface area (Å²) in [5, 5.41) is 276. The summed E-state index contributed by atoms with van der Waals surface area (Å²) in [5.41, 5.74) is 10.7. The summed E-state index contributed by atoms with van der Waals surface area (Å²) in [4.78, 5) is 44.8. The Morgan fingerprint density at radius 3 is 1.31 bits per heavy atom. The van der Waals surface area contributed by atoms with Gasteiger partial charge in [-0.15, -0.1) is 0 Å². The molecule has 0 saturated carbocycles. The third-order valence-electron chi connectivity index (χ3n) is 17.5. The highest BCUT2D eigenvalue weighted by molar-refractivity contribution is 7.61. The summed E-state index contributed by atoms with van der Waals surface area (Å²) in [5.74, 6) is -6.15. The van der Waals surface area contributed by atoms with Gasteiger partial charge in [-0.05, 0) is 0 Å². The molecule has 7 heterocycles. The largest absolute Gasteiger partial charge is 0.481 e. The molecule has 32 N–H and O–H groups in total. The number of nitrogens with two attached hydrogens (primary N) is 2. The maximum Gasteiger partial charge on any atom is 0.481 e. The van der Waals surface area contributed by atoms with Crippen molar-refractivity contribution in [3.63, 3.8) is 0 Å². The number of hydrogen-bond donors (Lipinski definition) is 30. The molecule has 106 heavy (non-hydrogen) atoms. The van der Waals surface area contributed by atoms with Crippen LogP contribution < -0.4 is 11.5 Å². The molecule has 0 aromatic heterocycles. The van der Waals surface area contributed by atoms with Crippen LogP contribution in [-0.4, -0.2) is 454 Å². The van der Waals surface area contributed by atoms with E-state index in [2.05, 4.69) is 8.83 Å². The number of aliphatic carboxylic acids is 1. The van der Waals surface area contributed by atoms with Crippen molar-refractivity contribution in [3.05, 3.63) is 0 Å². The number of carboxylic acids is 1. The third-order valence-corrected chi connectivity index (χ3v) is 21.3. The Morgan fingerprint density at radius 1 is 0.415 bits per heavy atom. The fraction of sp³-hybridized carbons (Fsp3) is 0.980. The van der Waals surface area contributed by atoms with E-state index in [9.17, 15) is 161 Å². The second kappa shape index (κ2) is 39.1. The van der Waals surface area contributed by atoms with Crippen molar-refractivity contribution in [2.24, 2.45) is 11.5 Å². The summed E-state index contributed by atoms with van der Waals surface area (Å²) >= 11 is 0. The van der Waals surface area contributed by atoms with Gasteiger partial charge >= 0.3 is 29.4 Å². The van der Waals surface area contributed by atoms with Gasteiger partial charge in [0.2, 0.25) is 0 Å². The predicted octanol–water partition coefficient (Wildman–Crippen LogP) is -18.0. The van der Waals surface area contributed by atoms with Gasteiger partial charge in [0.15, 0.2) is 37.7 Å². The number of carboxylic acid groups (broad SMARTS) is 1. The van der Waals surface area contributed by atoms with E-state index in [0.717, 1.165) is 0 Å². The van der Waals surface area contributed by atoms with Crippen LogP contribution in [0.1, 0.15) is 6.42 Å². The van der Waals surface area contributed by atoms with E-state index in [1.807, 2.05) is 0 Å². The molecule has 0 radical (unpaired) electrons. The number of carbonyl (C=O) groups is 1. The van der Waals surface area contributed by atoms with Gasteiger partial charge in [-0.1, -0.05) is 0 Å². The first-order valence-corrected chi connectivity index (χ1v) is 36.6. The molecule has 0 amide bonds. The minimum absolute atomic E-state index is 0.513. The lowest BCUT2D eigenvalue weighted by Crippen LogP contribution is -2.71. The van der Waals surface area contributed by atoms with Crippen molar-refractivity contribution < 1.29 is 245 Å². The van der Waals surface area contributed by atoms with Crippen LogP contribution in [0.4, 0.5) is 0 Å². The lowest BCUT2D eigenvalue weighted by atomic mass is 9.91. The fourth-order valence-corrected chi connectivity index (χ4v) is 15.3. The predicted molar refractivity (Wildman–Crippen MR) is 319 cm³/mol. The molecule has 7 aliphatic rings. The maximum absolute atomic E-state index is 13.7. The number of phosphoric acid groups is 3. The quantitative estimate of drug-likeness (QED) is 0.0259. The summed E-state index contributed by atoms with van der Waals surface area (Å²) in [6.45, 7) is -12.4. The number of hydrogen-bond acceptors (Lipinski definition) is 48. The first-order valence-electron chi connectivity index (χ1n) is 32.1. The van der Waals surface area contributed by atoms with Gasteiger partial charge in [-0.25, -0.2) is 18.5 Å². The Balaban J connectivity index is 1.45. The highest BCUT2D eigenvalue weighted by Gasteiger charge is 2.64. The van der Waals surface area contributed by atoms with Crippen LogP contribution >= 0.6 is 23.5 Å². The summed E-state index contributed by atoms with van der Waals surface area (Å²) in [6.07, 6.45) is -95.4. The zero-order valence-corrected chi connectivity index (χ0v) is 57.5. The van der Waals surface area contributed by atoms with Gasteiger partial charge in [0.05, 0.1) is 59.5 Å². The van der Waals surface area contributed by atoms with Gasteiger partial charge < -0.3 is 215 Å². The summed E-state index contributed by atoms with van der Waals surface area (Å²) in [7, 11) is -17.8. The molecule has 7 fully saturated rings. The van der Waals surface area contributed by atoms with Crippen molar-refractivity contribution in [2.75, 3.05) is 72.6 Å². The summed E-state index contributed by atoms with van der Waals surface area (Å²) in [6, 6.07) is 0. The van der Waals surface area contributed by atoms with Gasteiger partial charge in [0, 0.05) is 19.5 Å². The van der Waals surface area contributed by atoms with Crippen molar-refractivity contribution in [2.45, 2.75) is 239 Å². The van der Waals surface area contributed by atoms with Crippen LogP contribution in [0.25, 0.3) is 0 Å². The molecule has 0 aliphatic carbocycles. The van der Waals surface area contributed by atoms with E-state index >= 15 is 0 Å². The molecule has 0 aromatic carbocycles. The van der Waals surface area contributed by atoms with Crippen molar-refractivity contribution in [3.8, 4) is 0 Å². The lowest BCUT2D eigenvalue weighted by Gasteiger charge is -2.53.